The van der Waals surface area contributed by atoms with Crippen molar-refractivity contribution in [3.05, 3.63) is 40.9 Å². The van der Waals surface area contributed by atoms with Crippen LogP contribution in [-0.4, -0.2) is 29.2 Å². The third-order valence-electron chi connectivity index (χ3n) is 4.36. The van der Waals surface area contributed by atoms with Crippen LogP contribution in [-0.2, 0) is 14.4 Å². The Balaban J connectivity index is 1.67. The number of hydrogen-bond donors (Lipinski definition) is 1. The van der Waals surface area contributed by atoms with Crippen LogP contribution >= 0.6 is 11.6 Å². The van der Waals surface area contributed by atoms with E-state index in [2.05, 4.69) is 5.32 Å². The van der Waals surface area contributed by atoms with Crippen molar-refractivity contribution >= 4 is 35.0 Å². The summed E-state index contributed by atoms with van der Waals surface area (Å²) in [5.41, 5.74) is 1.45. The van der Waals surface area contributed by atoms with Gasteiger partial charge in [0.2, 0.25) is 17.7 Å². The predicted molar refractivity (Wildman–Crippen MR) is 86.9 cm³/mol. The van der Waals surface area contributed by atoms with Crippen molar-refractivity contribution < 1.29 is 14.4 Å². The molecule has 120 valence electrons. The van der Waals surface area contributed by atoms with Crippen LogP contribution in [0.4, 0.5) is 5.69 Å². The van der Waals surface area contributed by atoms with E-state index in [0.717, 1.165) is 10.5 Å². The van der Waals surface area contributed by atoms with Crippen LogP contribution in [0.5, 0.6) is 0 Å². The average molecular weight is 333 g/mol. The number of likely N-dealkylation sites (tertiary alicyclic amines) is 1. The van der Waals surface area contributed by atoms with Gasteiger partial charge in [0, 0.05) is 10.7 Å². The fourth-order valence-corrected chi connectivity index (χ4v) is 3.22. The lowest BCUT2D eigenvalue weighted by molar-refractivity contribution is -0.142. The first-order chi connectivity index (χ1) is 11.0. The van der Waals surface area contributed by atoms with E-state index in [1.165, 1.54) is 0 Å². The minimum Gasteiger partial charge on any atom is -0.324 e. The molecule has 0 radical (unpaired) electrons. The Morgan fingerprint density at radius 1 is 1.22 bits per heavy atom. The van der Waals surface area contributed by atoms with Gasteiger partial charge in [0.05, 0.1) is 11.8 Å². The Hall–Kier alpha value is -2.14. The average Bonchev–Trinajstić information content (AvgIpc) is 2.76. The number of nitrogens with one attached hydrogen (secondary N) is 1. The number of rotatable bonds is 3. The number of anilines is 1. The second-order valence-corrected chi connectivity index (χ2v) is 6.34. The highest BCUT2D eigenvalue weighted by atomic mass is 35.5. The first-order valence-corrected chi connectivity index (χ1v) is 7.91. The molecule has 1 aromatic carbocycles. The number of imide groups is 1. The van der Waals surface area contributed by atoms with E-state index in [4.69, 9.17) is 11.6 Å². The Kier molecular flexibility index (Phi) is 4.22. The second kappa shape index (κ2) is 6.16. The van der Waals surface area contributed by atoms with Crippen molar-refractivity contribution in [3.8, 4) is 0 Å². The highest BCUT2D eigenvalue weighted by Gasteiger charge is 2.47. The summed E-state index contributed by atoms with van der Waals surface area (Å²) >= 11 is 6.02. The van der Waals surface area contributed by atoms with Gasteiger partial charge in [-0.2, -0.15) is 0 Å². The topological polar surface area (TPSA) is 66.5 Å². The molecule has 1 aromatic rings. The first-order valence-electron chi connectivity index (χ1n) is 7.53. The summed E-state index contributed by atoms with van der Waals surface area (Å²) in [6, 6.07) is 5.17. The van der Waals surface area contributed by atoms with Crippen LogP contribution in [0.2, 0.25) is 5.02 Å². The van der Waals surface area contributed by atoms with E-state index in [-0.39, 0.29) is 30.2 Å². The van der Waals surface area contributed by atoms with Crippen LogP contribution in [0.25, 0.3) is 0 Å². The molecule has 1 N–H and O–H groups in total. The van der Waals surface area contributed by atoms with Gasteiger partial charge >= 0.3 is 0 Å². The molecular weight excluding hydrogens is 316 g/mol. The smallest absolute Gasteiger partial charge is 0.244 e. The maximum absolute atomic E-state index is 12.3. The summed E-state index contributed by atoms with van der Waals surface area (Å²) in [5.74, 6) is -1.52. The summed E-state index contributed by atoms with van der Waals surface area (Å²) in [4.78, 5) is 37.8. The Labute approximate surface area is 139 Å². The summed E-state index contributed by atoms with van der Waals surface area (Å²) in [6.07, 6.45) is 4.98. The molecule has 5 nitrogen and oxygen atoms in total. The zero-order chi connectivity index (χ0) is 16.6. The molecule has 1 heterocycles. The zero-order valence-electron chi connectivity index (χ0n) is 12.7. The number of hydrogen-bond acceptors (Lipinski definition) is 3. The van der Waals surface area contributed by atoms with E-state index in [0.29, 0.717) is 23.6 Å². The third kappa shape index (κ3) is 3.01. The van der Waals surface area contributed by atoms with E-state index in [1.54, 1.807) is 18.2 Å². The number of amides is 3. The van der Waals surface area contributed by atoms with Gasteiger partial charge < -0.3 is 5.32 Å². The van der Waals surface area contributed by atoms with Gasteiger partial charge in [-0.15, -0.1) is 0 Å². The minimum atomic E-state index is -0.404. The van der Waals surface area contributed by atoms with Gasteiger partial charge in [-0.05, 0) is 37.5 Å². The lowest BCUT2D eigenvalue weighted by atomic mass is 9.85. The molecular formula is C17H17ClN2O3. The molecule has 2 atom stereocenters. The van der Waals surface area contributed by atoms with Gasteiger partial charge in [0.1, 0.15) is 6.54 Å². The number of allylic oxidation sites excluding steroid dienone is 2. The molecule has 23 heavy (non-hydrogen) atoms. The maximum atomic E-state index is 12.3. The normalized spacial score (nSPS) is 23.1. The lowest BCUT2D eigenvalue weighted by Gasteiger charge is -2.14. The number of carbonyl (C=O) groups is 3. The van der Waals surface area contributed by atoms with Gasteiger partial charge in [0.25, 0.3) is 0 Å². The maximum Gasteiger partial charge on any atom is 0.244 e. The molecule has 0 spiro atoms. The summed E-state index contributed by atoms with van der Waals surface area (Å²) in [5, 5.41) is 3.22. The molecule has 0 aromatic heterocycles. The van der Waals surface area contributed by atoms with E-state index < -0.39 is 5.91 Å². The SMILES string of the molecule is Cc1ccc(NC(=O)CN2C(=O)C3CC=CCC3C2=O)cc1Cl. The van der Waals surface area contributed by atoms with Crippen LogP contribution in [0, 0.1) is 18.8 Å². The molecule has 1 aliphatic carbocycles. The van der Waals surface area contributed by atoms with Crippen LogP contribution in [0.1, 0.15) is 18.4 Å². The third-order valence-corrected chi connectivity index (χ3v) is 4.76. The van der Waals surface area contributed by atoms with Crippen molar-refractivity contribution in [1.29, 1.82) is 0 Å². The Morgan fingerprint density at radius 2 is 1.83 bits per heavy atom. The highest BCUT2D eigenvalue weighted by Crippen LogP contribution is 2.34. The van der Waals surface area contributed by atoms with Crippen molar-refractivity contribution in [2.24, 2.45) is 11.8 Å². The second-order valence-electron chi connectivity index (χ2n) is 5.93. The number of nitrogens with zero attached hydrogens (tertiary/aromatic N) is 1. The fourth-order valence-electron chi connectivity index (χ4n) is 3.04. The van der Waals surface area contributed by atoms with Crippen molar-refractivity contribution in [2.45, 2.75) is 19.8 Å². The number of benzene rings is 1. The predicted octanol–water partition coefficient (Wildman–Crippen LogP) is 2.54. The molecule has 1 saturated heterocycles. The van der Waals surface area contributed by atoms with E-state index in [9.17, 15) is 14.4 Å². The molecule has 6 heteroatoms. The lowest BCUT2D eigenvalue weighted by Crippen LogP contribution is -2.38. The number of carbonyl (C=O) groups excluding carboxylic acids is 3. The largest absolute Gasteiger partial charge is 0.324 e. The van der Waals surface area contributed by atoms with Crippen molar-refractivity contribution in [3.63, 3.8) is 0 Å². The Bertz CT molecular complexity index is 688. The quantitative estimate of drug-likeness (QED) is 0.683. The van der Waals surface area contributed by atoms with E-state index in [1.807, 2.05) is 19.1 Å². The highest BCUT2D eigenvalue weighted by molar-refractivity contribution is 6.31. The number of fused-ring (bicyclic) bond motifs is 1. The molecule has 3 amide bonds. The van der Waals surface area contributed by atoms with Gasteiger partial charge in [-0.1, -0.05) is 29.8 Å². The molecule has 0 saturated carbocycles. The number of aryl methyl sites for hydroxylation is 1. The van der Waals surface area contributed by atoms with Gasteiger partial charge in [-0.3, -0.25) is 19.3 Å². The molecule has 0 bridgehead atoms. The van der Waals surface area contributed by atoms with Crippen molar-refractivity contribution in [2.75, 3.05) is 11.9 Å². The van der Waals surface area contributed by atoms with Crippen LogP contribution < -0.4 is 5.32 Å². The summed E-state index contributed by atoms with van der Waals surface area (Å²) in [6.45, 7) is 1.61. The molecule has 1 aliphatic heterocycles. The van der Waals surface area contributed by atoms with Gasteiger partial charge in [0.15, 0.2) is 0 Å². The standard InChI is InChI=1S/C17H17ClN2O3/c1-10-6-7-11(8-14(10)18)19-15(21)9-20-16(22)12-4-2-3-5-13(12)17(20)23/h2-3,6-8,12-13H,4-5,9H2,1H3,(H,19,21). The van der Waals surface area contributed by atoms with Crippen molar-refractivity contribution in [1.82, 2.24) is 4.90 Å². The first kappa shape index (κ1) is 15.7. The zero-order valence-corrected chi connectivity index (χ0v) is 13.5. The molecule has 2 unspecified atom stereocenters. The summed E-state index contributed by atoms with van der Waals surface area (Å²) in [7, 11) is 0. The monoisotopic (exact) mass is 332 g/mol. The van der Waals surface area contributed by atoms with Crippen LogP contribution in [0.3, 0.4) is 0 Å². The molecule has 1 fully saturated rings. The minimum absolute atomic E-state index is 0.249. The van der Waals surface area contributed by atoms with Crippen LogP contribution in [0.15, 0.2) is 30.4 Å². The Morgan fingerprint density at radius 3 is 2.39 bits per heavy atom. The van der Waals surface area contributed by atoms with E-state index >= 15 is 0 Å². The fraction of sp³-hybridized carbons (Fsp3) is 0.353. The number of halogens is 1. The summed E-state index contributed by atoms with van der Waals surface area (Å²) < 4.78 is 0. The van der Waals surface area contributed by atoms with Gasteiger partial charge in [-0.25, -0.2) is 0 Å². The molecule has 3 rings (SSSR count). The molecule has 2 aliphatic rings.